The first-order chi connectivity index (χ1) is 12.5. The van der Waals surface area contributed by atoms with Gasteiger partial charge in [-0.15, -0.1) is 0 Å². The maximum Gasteiger partial charge on any atom is 0.253 e. The molecule has 3 rings (SSSR count). The molecule has 0 spiro atoms. The molecule has 134 valence electrons. The van der Waals surface area contributed by atoms with Gasteiger partial charge < -0.3 is 15.5 Å². The predicted molar refractivity (Wildman–Crippen MR) is 101 cm³/mol. The highest BCUT2D eigenvalue weighted by molar-refractivity contribution is 7.15. The lowest BCUT2D eigenvalue weighted by Crippen LogP contribution is -2.21. The van der Waals surface area contributed by atoms with Crippen LogP contribution in [-0.2, 0) is 6.54 Å². The van der Waals surface area contributed by atoms with E-state index < -0.39 is 5.82 Å². The first kappa shape index (κ1) is 17.8. The first-order valence-electron chi connectivity index (χ1n) is 7.91. The summed E-state index contributed by atoms with van der Waals surface area (Å²) in [6.45, 7) is 0.401. The number of nitrogens with one attached hydrogen (secondary N) is 2. The van der Waals surface area contributed by atoms with E-state index in [2.05, 4.69) is 20.6 Å². The average Bonchev–Trinajstić information content (AvgIpc) is 3.08. The Morgan fingerprint density at radius 1 is 1.23 bits per heavy atom. The lowest BCUT2D eigenvalue weighted by atomic mass is 10.1. The Bertz CT molecular complexity index is 898. The summed E-state index contributed by atoms with van der Waals surface area (Å²) in [7, 11) is 3.32. The second-order valence-corrected chi connectivity index (χ2v) is 6.83. The molecule has 0 radical (unpaired) electrons. The minimum atomic E-state index is -0.406. The fraction of sp³-hybridized carbons (Fsp3) is 0.167. The molecule has 2 heterocycles. The highest BCUT2D eigenvalue weighted by Crippen LogP contribution is 2.23. The Balaban J connectivity index is 1.66. The number of carbonyl (C=O) groups excluding carboxylic acids is 1. The molecule has 2 aromatic heterocycles. The Morgan fingerprint density at radius 2 is 2.08 bits per heavy atom. The standard InChI is InChI=1S/C18H18FN5OS/c1-24(2)17(25)12-6-7-14(19)15(9-12)21-10-13-11-22-18(26-13)23-16-5-3-4-8-20-16/h3-9,11,21H,10H2,1-2H3,(H,20,22,23). The zero-order valence-corrected chi connectivity index (χ0v) is 15.2. The predicted octanol–water partition coefficient (Wildman–Crippen LogP) is 3.73. The molecular weight excluding hydrogens is 353 g/mol. The number of hydrogen-bond donors (Lipinski definition) is 2. The van der Waals surface area contributed by atoms with Crippen molar-refractivity contribution in [1.29, 1.82) is 0 Å². The van der Waals surface area contributed by atoms with Gasteiger partial charge in [0.2, 0.25) is 0 Å². The van der Waals surface area contributed by atoms with Gasteiger partial charge in [0, 0.05) is 36.9 Å². The minimum absolute atomic E-state index is 0.173. The second kappa shape index (κ2) is 7.92. The Hall–Kier alpha value is -3.00. The molecule has 2 N–H and O–H groups in total. The first-order valence-corrected chi connectivity index (χ1v) is 8.72. The normalized spacial score (nSPS) is 10.4. The minimum Gasteiger partial charge on any atom is -0.378 e. The molecule has 3 aromatic rings. The molecule has 1 amide bonds. The van der Waals surface area contributed by atoms with Gasteiger partial charge in [-0.25, -0.2) is 14.4 Å². The topological polar surface area (TPSA) is 70.2 Å². The molecule has 0 fully saturated rings. The maximum atomic E-state index is 14.0. The van der Waals surface area contributed by atoms with Crippen LogP contribution in [0.3, 0.4) is 0 Å². The molecule has 6 nitrogen and oxygen atoms in total. The monoisotopic (exact) mass is 371 g/mol. The summed E-state index contributed by atoms with van der Waals surface area (Å²) in [6.07, 6.45) is 3.42. The van der Waals surface area contributed by atoms with Crippen LogP contribution in [-0.4, -0.2) is 34.9 Å². The molecule has 1 aromatic carbocycles. The van der Waals surface area contributed by atoms with Crippen molar-refractivity contribution in [3.8, 4) is 0 Å². The molecule has 8 heteroatoms. The van der Waals surface area contributed by atoms with Crippen LogP contribution >= 0.6 is 11.3 Å². The largest absolute Gasteiger partial charge is 0.378 e. The van der Waals surface area contributed by atoms with Crippen molar-refractivity contribution in [3.63, 3.8) is 0 Å². The number of pyridine rings is 1. The Kier molecular flexibility index (Phi) is 5.43. The summed E-state index contributed by atoms with van der Waals surface area (Å²) >= 11 is 1.45. The van der Waals surface area contributed by atoms with Crippen molar-refractivity contribution in [2.24, 2.45) is 0 Å². The van der Waals surface area contributed by atoms with Gasteiger partial charge >= 0.3 is 0 Å². The number of anilines is 3. The van der Waals surface area contributed by atoms with Crippen LogP contribution in [0.4, 0.5) is 21.0 Å². The number of benzene rings is 1. The van der Waals surface area contributed by atoms with E-state index in [1.165, 1.54) is 34.4 Å². The third-order valence-corrected chi connectivity index (χ3v) is 4.44. The maximum absolute atomic E-state index is 14.0. The molecule has 0 aliphatic rings. The van der Waals surface area contributed by atoms with Crippen LogP contribution in [0.1, 0.15) is 15.2 Å². The van der Waals surface area contributed by atoms with E-state index in [4.69, 9.17) is 0 Å². The van der Waals surface area contributed by atoms with E-state index in [0.717, 1.165) is 4.88 Å². The highest BCUT2D eigenvalue weighted by atomic mass is 32.1. The van der Waals surface area contributed by atoms with Gasteiger partial charge in [0.15, 0.2) is 5.13 Å². The third kappa shape index (κ3) is 4.34. The SMILES string of the molecule is CN(C)C(=O)c1ccc(F)c(NCc2cnc(Nc3ccccn3)s2)c1. The molecule has 0 saturated carbocycles. The summed E-state index contributed by atoms with van der Waals surface area (Å²) in [5.74, 6) is 0.131. The Morgan fingerprint density at radius 3 is 2.81 bits per heavy atom. The Labute approximate surface area is 154 Å². The van der Waals surface area contributed by atoms with E-state index in [1.807, 2.05) is 18.2 Å². The van der Waals surface area contributed by atoms with E-state index in [0.29, 0.717) is 23.1 Å². The van der Waals surface area contributed by atoms with Gasteiger partial charge in [-0.3, -0.25) is 4.79 Å². The fourth-order valence-electron chi connectivity index (χ4n) is 2.23. The van der Waals surface area contributed by atoms with Crippen molar-refractivity contribution < 1.29 is 9.18 Å². The average molecular weight is 371 g/mol. The number of amides is 1. The van der Waals surface area contributed by atoms with Crippen molar-refractivity contribution in [2.75, 3.05) is 24.7 Å². The van der Waals surface area contributed by atoms with Crippen molar-refractivity contribution in [1.82, 2.24) is 14.9 Å². The smallest absolute Gasteiger partial charge is 0.253 e. The second-order valence-electron chi connectivity index (χ2n) is 5.72. The number of hydrogen-bond acceptors (Lipinski definition) is 6. The number of carbonyl (C=O) groups is 1. The third-order valence-electron chi connectivity index (χ3n) is 3.53. The number of thiazole rings is 1. The molecule has 0 atom stereocenters. The number of rotatable bonds is 6. The summed E-state index contributed by atoms with van der Waals surface area (Å²) in [5, 5.41) is 6.84. The van der Waals surface area contributed by atoms with Crippen LogP contribution in [0.5, 0.6) is 0 Å². The highest BCUT2D eigenvalue weighted by Gasteiger charge is 2.12. The van der Waals surface area contributed by atoms with Crippen molar-refractivity contribution >= 4 is 33.9 Å². The van der Waals surface area contributed by atoms with Crippen molar-refractivity contribution in [2.45, 2.75) is 6.54 Å². The van der Waals surface area contributed by atoms with Crippen LogP contribution in [0.2, 0.25) is 0 Å². The number of aromatic nitrogens is 2. The van der Waals surface area contributed by atoms with E-state index in [1.54, 1.807) is 26.5 Å². The summed E-state index contributed by atoms with van der Waals surface area (Å²) < 4.78 is 14.0. The van der Waals surface area contributed by atoms with Gasteiger partial charge in [-0.2, -0.15) is 0 Å². The van der Waals surface area contributed by atoms with E-state index >= 15 is 0 Å². The molecule has 26 heavy (non-hydrogen) atoms. The summed E-state index contributed by atoms with van der Waals surface area (Å²) in [5.41, 5.74) is 0.714. The van der Waals surface area contributed by atoms with Crippen molar-refractivity contribution in [3.05, 3.63) is 65.0 Å². The molecule has 0 unspecified atom stereocenters. The van der Waals surface area contributed by atoms with Gasteiger partial charge in [-0.1, -0.05) is 17.4 Å². The quantitative estimate of drug-likeness (QED) is 0.691. The summed E-state index contributed by atoms with van der Waals surface area (Å²) in [4.78, 5) is 22.9. The molecule has 0 aliphatic carbocycles. The van der Waals surface area contributed by atoms with Crippen LogP contribution < -0.4 is 10.6 Å². The van der Waals surface area contributed by atoms with Gasteiger partial charge in [0.25, 0.3) is 5.91 Å². The van der Waals surface area contributed by atoms with Crippen LogP contribution in [0.15, 0.2) is 48.8 Å². The van der Waals surface area contributed by atoms with E-state index in [-0.39, 0.29) is 11.6 Å². The molecule has 0 bridgehead atoms. The van der Waals surface area contributed by atoms with Gasteiger partial charge in [0.1, 0.15) is 11.6 Å². The molecule has 0 aliphatic heterocycles. The van der Waals surface area contributed by atoms with Crippen LogP contribution in [0.25, 0.3) is 0 Å². The number of nitrogens with zero attached hydrogens (tertiary/aromatic N) is 3. The summed E-state index contributed by atoms with van der Waals surface area (Å²) in [6, 6.07) is 9.86. The number of halogens is 1. The lowest BCUT2D eigenvalue weighted by Gasteiger charge is -2.12. The molecular formula is C18H18FN5OS. The lowest BCUT2D eigenvalue weighted by molar-refractivity contribution is 0.0827. The fourth-order valence-corrected chi connectivity index (χ4v) is 2.99. The van der Waals surface area contributed by atoms with E-state index in [9.17, 15) is 9.18 Å². The van der Waals surface area contributed by atoms with Crippen LogP contribution in [0, 0.1) is 5.82 Å². The zero-order valence-electron chi connectivity index (χ0n) is 14.4. The van der Waals surface area contributed by atoms with Gasteiger partial charge in [-0.05, 0) is 30.3 Å². The zero-order chi connectivity index (χ0) is 18.5. The molecule has 0 saturated heterocycles. The van der Waals surface area contributed by atoms with Gasteiger partial charge in [0.05, 0.1) is 12.2 Å².